The average molecular weight is 179 g/mol. The molecule has 2 atom stereocenters. The van der Waals surface area contributed by atoms with Gasteiger partial charge in [0.05, 0.1) is 0 Å². The summed E-state index contributed by atoms with van der Waals surface area (Å²) < 4.78 is 0. The van der Waals surface area contributed by atoms with E-state index in [1.165, 1.54) is 0 Å². The van der Waals surface area contributed by atoms with E-state index >= 15 is 0 Å². The fourth-order valence-corrected chi connectivity index (χ4v) is 1.18. The molecule has 1 rings (SSSR count). The molecule has 3 N–H and O–H groups in total. The SMILES string of the molecule is C[C@@H](c1ccccc1)C(N)C(=O)O. The van der Waals surface area contributed by atoms with Gasteiger partial charge in [0.15, 0.2) is 0 Å². The van der Waals surface area contributed by atoms with Crippen molar-refractivity contribution in [1.82, 2.24) is 0 Å². The lowest BCUT2D eigenvalue weighted by Gasteiger charge is -2.15. The number of rotatable bonds is 3. The number of carbonyl (C=O) groups is 1. The van der Waals surface area contributed by atoms with E-state index in [1.54, 1.807) is 0 Å². The number of carboxylic acid groups (broad SMARTS) is 1. The Bertz CT molecular complexity index is 284. The van der Waals surface area contributed by atoms with Crippen LogP contribution in [0.25, 0.3) is 0 Å². The van der Waals surface area contributed by atoms with Crippen LogP contribution in [0.2, 0.25) is 0 Å². The summed E-state index contributed by atoms with van der Waals surface area (Å²) >= 11 is 0. The molecule has 0 saturated heterocycles. The lowest BCUT2D eigenvalue weighted by Crippen LogP contribution is -2.35. The fourth-order valence-electron chi connectivity index (χ4n) is 1.18. The van der Waals surface area contributed by atoms with Gasteiger partial charge in [-0.2, -0.15) is 0 Å². The van der Waals surface area contributed by atoms with Crippen LogP contribution in [-0.4, -0.2) is 17.1 Å². The molecular formula is C10H13NO2. The van der Waals surface area contributed by atoms with Crippen molar-refractivity contribution in [2.24, 2.45) is 5.73 Å². The molecule has 0 aliphatic rings. The summed E-state index contributed by atoms with van der Waals surface area (Å²) in [4.78, 5) is 10.6. The number of benzene rings is 1. The van der Waals surface area contributed by atoms with Gasteiger partial charge >= 0.3 is 5.97 Å². The Hall–Kier alpha value is -1.35. The van der Waals surface area contributed by atoms with E-state index in [1.807, 2.05) is 37.3 Å². The number of nitrogens with two attached hydrogens (primary N) is 1. The topological polar surface area (TPSA) is 63.3 Å². The first-order valence-corrected chi connectivity index (χ1v) is 4.16. The van der Waals surface area contributed by atoms with E-state index in [9.17, 15) is 4.79 Å². The summed E-state index contributed by atoms with van der Waals surface area (Å²) in [5, 5.41) is 8.69. The molecule has 0 spiro atoms. The molecule has 0 aliphatic carbocycles. The van der Waals surface area contributed by atoms with Gasteiger partial charge in [0.2, 0.25) is 0 Å². The van der Waals surface area contributed by atoms with Crippen molar-refractivity contribution in [3.8, 4) is 0 Å². The first kappa shape index (κ1) is 9.74. The zero-order chi connectivity index (χ0) is 9.84. The summed E-state index contributed by atoms with van der Waals surface area (Å²) in [6.07, 6.45) is 0. The number of hydrogen-bond donors (Lipinski definition) is 2. The number of carboxylic acids is 1. The fraction of sp³-hybridized carbons (Fsp3) is 0.300. The van der Waals surface area contributed by atoms with E-state index in [0.29, 0.717) is 0 Å². The van der Waals surface area contributed by atoms with Gasteiger partial charge in [-0.1, -0.05) is 37.3 Å². The van der Waals surface area contributed by atoms with Crippen molar-refractivity contribution in [3.63, 3.8) is 0 Å². The van der Waals surface area contributed by atoms with E-state index < -0.39 is 12.0 Å². The largest absolute Gasteiger partial charge is 0.480 e. The van der Waals surface area contributed by atoms with Crippen molar-refractivity contribution in [3.05, 3.63) is 35.9 Å². The lowest BCUT2D eigenvalue weighted by molar-refractivity contribution is -0.139. The van der Waals surface area contributed by atoms with Gasteiger partial charge in [-0.3, -0.25) is 4.79 Å². The molecule has 13 heavy (non-hydrogen) atoms. The van der Waals surface area contributed by atoms with Crippen molar-refractivity contribution < 1.29 is 9.90 Å². The molecular weight excluding hydrogens is 166 g/mol. The minimum Gasteiger partial charge on any atom is -0.480 e. The quantitative estimate of drug-likeness (QED) is 0.732. The zero-order valence-corrected chi connectivity index (χ0v) is 7.47. The minimum atomic E-state index is -0.962. The Morgan fingerprint density at radius 2 is 1.92 bits per heavy atom. The molecule has 0 aliphatic heterocycles. The standard InChI is InChI=1S/C10H13NO2/c1-7(9(11)10(12)13)8-5-3-2-4-6-8/h2-7,9H,11H2,1H3,(H,12,13)/t7-,9?/m0/s1. The Morgan fingerprint density at radius 3 is 2.38 bits per heavy atom. The van der Waals surface area contributed by atoms with E-state index in [2.05, 4.69) is 0 Å². The highest BCUT2D eigenvalue weighted by Crippen LogP contribution is 2.17. The smallest absolute Gasteiger partial charge is 0.321 e. The Labute approximate surface area is 77.2 Å². The number of aliphatic carboxylic acids is 1. The second kappa shape index (κ2) is 4.05. The van der Waals surface area contributed by atoms with Crippen LogP contribution in [0, 0.1) is 0 Å². The summed E-state index contributed by atoms with van der Waals surface area (Å²) in [7, 11) is 0. The van der Waals surface area contributed by atoms with Gasteiger partial charge in [0.25, 0.3) is 0 Å². The third-order valence-electron chi connectivity index (χ3n) is 2.15. The number of hydrogen-bond acceptors (Lipinski definition) is 2. The minimum absolute atomic E-state index is 0.154. The Morgan fingerprint density at radius 1 is 1.38 bits per heavy atom. The third-order valence-corrected chi connectivity index (χ3v) is 2.15. The van der Waals surface area contributed by atoms with Crippen LogP contribution >= 0.6 is 0 Å². The first-order valence-electron chi connectivity index (χ1n) is 4.16. The zero-order valence-electron chi connectivity index (χ0n) is 7.47. The monoisotopic (exact) mass is 179 g/mol. The molecule has 3 nitrogen and oxygen atoms in total. The summed E-state index contributed by atoms with van der Waals surface area (Å²) in [5.74, 6) is -1.12. The van der Waals surface area contributed by atoms with Crippen molar-refractivity contribution in [2.45, 2.75) is 18.9 Å². The highest BCUT2D eigenvalue weighted by atomic mass is 16.4. The van der Waals surface area contributed by atoms with E-state index in [0.717, 1.165) is 5.56 Å². The predicted octanol–water partition coefficient (Wildman–Crippen LogP) is 1.20. The molecule has 0 bridgehead atoms. The van der Waals surface area contributed by atoms with Crippen LogP contribution in [0.1, 0.15) is 18.4 Å². The average Bonchev–Trinajstić information content (AvgIpc) is 2.17. The summed E-state index contributed by atoms with van der Waals surface area (Å²) in [6.45, 7) is 1.81. The lowest BCUT2D eigenvalue weighted by atomic mass is 9.94. The molecule has 0 aromatic heterocycles. The summed E-state index contributed by atoms with van der Waals surface area (Å²) in [6, 6.07) is 8.58. The molecule has 70 valence electrons. The van der Waals surface area contributed by atoms with Gasteiger partial charge in [-0.25, -0.2) is 0 Å². The normalized spacial score (nSPS) is 14.9. The maximum absolute atomic E-state index is 10.6. The Kier molecular flexibility index (Phi) is 3.03. The van der Waals surface area contributed by atoms with Gasteiger partial charge in [-0.15, -0.1) is 0 Å². The molecule has 0 heterocycles. The maximum atomic E-state index is 10.6. The van der Waals surface area contributed by atoms with Crippen molar-refractivity contribution >= 4 is 5.97 Å². The molecule has 0 fully saturated rings. The molecule has 0 amide bonds. The molecule has 3 heteroatoms. The van der Waals surface area contributed by atoms with Gasteiger partial charge in [0, 0.05) is 5.92 Å². The molecule has 0 radical (unpaired) electrons. The van der Waals surface area contributed by atoms with Crippen LogP contribution < -0.4 is 5.73 Å². The predicted molar refractivity (Wildman–Crippen MR) is 50.5 cm³/mol. The van der Waals surface area contributed by atoms with Crippen LogP contribution in [-0.2, 0) is 4.79 Å². The van der Waals surface area contributed by atoms with Crippen LogP contribution in [0.3, 0.4) is 0 Å². The van der Waals surface area contributed by atoms with Gasteiger partial charge < -0.3 is 10.8 Å². The van der Waals surface area contributed by atoms with E-state index in [-0.39, 0.29) is 5.92 Å². The highest BCUT2D eigenvalue weighted by molar-refractivity contribution is 5.74. The molecule has 0 saturated carbocycles. The molecule has 1 unspecified atom stereocenters. The highest BCUT2D eigenvalue weighted by Gasteiger charge is 2.20. The van der Waals surface area contributed by atoms with Crippen molar-refractivity contribution in [2.75, 3.05) is 0 Å². The van der Waals surface area contributed by atoms with Crippen LogP contribution in [0.4, 0.5) is 0 Å². The van der Waals surface area contributed by atoms with Gasteiger partial charge in [-0.05, 0) is 5.56 Å². The first-order chi connectivity index (χ1) is 6.13. The second-order valence-electron chi connectivity index (χ2n) is 3.06. The van der Waals surface area contributed by atoms with Crippen LogP contribution in [0.15, 0.2) is 30.3 Å². The molecule has 1 aromatic carbocycles. The van der Waals surface area contributed by atoms with E-state index in [4.69, 9.17) is 10.8 Å². The maximum Gasteiger partial charge on any atom is 0.321 e. The Balaban J connectivity index is 2.79. The van der Waals surface area contributed by atoms with Gasteiger partial charge in [0.1, 0.15) is 6.04 Å². The third kappa shape index (κ3) is 2.29. The summed E-state index contributed by atoms with van der Waals surface area (Å²) in [5.41, 5.74) is 6.45. The molecule has 1 aromatic rings. The van der Waals surface area contributed by atoms with Crippen LogP contribution in [0.5, 0.6) is 0 Å². The van der Waals surface area contributed by atoms with Crippen molar-refractivity contribution in [1.29, 1.82) is 0 Å². The second-order valence-corrected chi connectivity index (χ2v) is 3.06.